The normalized spacial score (nSPS) is 10.1. The highest BCUT2D eigenvalue weighted by molar-refractivity contribution is 14.1. The van der Waals surface area contributed by atoms with Crippen LogP contribution in [0, 0.1) is 3.57 Å². The number of hydrogen-bond acceptors (Lipinski definition) is 2. The van der Waals surface area contributed by atoms with Gasteiger partial charge in [-0.3, -0.25) is 0 Å². The number of carbonyl (C=O) groups excluding carboxylic acids is 1. The van der Waals surface area contributed by atoms with Crippen LogP contribution >= 0.6 is 38.5 Å². The van der Waals surface area contributed by atoms with Crippen molar-refractivity contribution in [2.75, 3.05) is 19.0 Å². The van der Waals surface area contributed by atoms with E-state index in [4.69, 9.17) is 4.74 Å². The van der Waals surface area contributed by atoms with E-state index in [-0.39, 0.29) is 6.03 Å². The number of amides is 2. The quantitative estimate of drug-likeness (QED) is 0.630. The number of carbonyl (C=O) groups is 1. The van der Waals surface area contributed by atoms with Crippen LogP contribution in [0.1, 0.15) is 5.56 Å². The zero-order valence-electron chi connectivity index (χ0n) is 12.0. The van der Waals surface area contributed by atoms with E-state index in [0.29, 0.717) is 6.54 Å². The number of nitrogens with one attached hydrogen (secondary N) is 2. The first-order valence-electron chi connectivity index (χ1n) is 6.71. The molecule has 2 amide bonds. The van der Waals surface area contributed by atoms with Gasteiger partial charge in [0.2, 0.25) is 0 Å². The van der Waals surface area contributed by atoms with Crippen LogP contribution in [0.5, 0.6) is 5.75 Å². The van der Waals surface area contributed by atoms with Crippen molar-refractivity contribution in [3.63, 3.8) is 0 Å². The van der Waals surface area contributed by atoms with Gasteiger partial charge in [0, 0.05) is 15.8 Å². The fourth-order valence-electron chi connectivity index (χ4n) is 1.93. The van der Waals surface area contributed by atoms with Crippen LogP contribution in [0.2, 0.25) is 0 Å². The van der Waals surface area contributed by atoms with Crippen molar-refractivity contribution in [2.24, 2.45) is 0 Å². The van der Waals surface area contributed by atoms with Crippen LogP contribution in [-0.2, 0) is 6.42 Å². The Morgan fingerprint density at radius 3 is 2.77 bits per heavy atom. The van der Waals surface area contributed by atoms with Crippen LogP contribution in [0.4, 0.5) is 10.5 Å². The van der Waals surface area contributed by atoms with E-state index < -0.39 is 0 Å². The van der Waals surface area contributed by atoms with Gasteiger partial charge in [0.1, 0.15) is 5.75 Å². The lowest BCUT2D eigenvalue weighted by Gasteiger charge is -2.09. The summed E-state index contributed by atoms with van der Waals surface area (Å²) >= 11 is 5.66. The summed E-state index contributed by atoms with van der Waals surface area (Å²) in [7, 11) is 1.64. The monoisotopic (exact) mass is 474 g/mol. The lowest BCUT2D eigenvalue weighted by molar-refractivity contribution is 0.252. The number of rotatable bonds is 5. The molecule has 0 aromatic heterocycles. The van der Waals surface area contributed by atoms with Crippen molar-refractivity contribution < 1.29 is 9.53 Å². The molecule has 0 aliphatic carbocycles. The van der Waals surface area contributed by atoms with Crippen molar-refractivity contribution in [3.8, 4) is 5.75 Å². The molecule has 2 aromatic carbocycles. The molecule has 116 valence electrons. The van der Waals surface area contributed by atoms with E-state index in [1.165, 1.54) is 0 Å². The van der Waals surface area contributed by atoms with Gasteiger partial charge in [-0.05, 0) is 80.8 Å². The maximum absolute atomic E-state index is 11.8. The van der Waals surface area contributed by atoms with Gasteiger partial charge in [-0.15, -0.1) is 0 Å². The van der Waals surface area contributed by atoms with Gasteiger partial charge >= 0.3 is 6.03 Å². The summed E-state index contributed by atoms with van der Waals surface area (Å²) in [5.41, 5.74) is 1.92. The predicted octanol–water partition coefficient (Wildman–Crippen LogP) is 4.43. The molecule has 6 heteroatoms. The molecule has 0 unspecified atom stereocenters. The summed E-state index contributed by atoms with van der Waals surface area (Å²) in [6.45, 7) is 0.564. The Bertz CT molecular complexity index is 664. The van der Waals surface area contributed by atoms with E-state index >= 15 is 0 Å². The van der Waals surface area contributed by atoms with Gasteiger partial charge in [0.15, 0.2) is 0 Å². The predicted molar refractivity (Wildman–Crippen MR) is 101 cm³/mol. The molecule has 22 heavy (non-hydrogen) atoms. The second kappa shape index (κ2) is 8.38. The van der Waals surface area contributed by atoms with E-state index in [1.54, 1.807) is 7.11 Å². The minimum Gasteiger partial charge on any atom is -0.496 e. The van der Waals surface area contributed by atoms with Gasteiger partial charge in [-0.1, -0.05) is 12.1 Å². The summed E-state index contributed by atoms with van der Waals surface area (Å²) < 4.78 is 7.19. The summed E-state index contributed by atoms with van der Waals surface area (Å²) in [4.78, 5) is 11.8. The number of methoxy groups -OCH3 is 1. The Labute approximate surface area is 151 Å². The number of benzene rings is 2. The summed E-state index contributed by atoms with van der Waals surface area (Å²) in [6.07, 6.45) is 0.752. The molecule has 0 saturated carbocycles. The van der Waals surface area contributed by atoms with Gasteiger partial charge in [-0.2, -0.15) is 0 Å². The highest BCUT2D eigenvalue weighted by atomic mass is 127. The molecule has 0 bridgehead atoms. The first-order chi connectivity index (χ1) is 10.6. The molecule has 0 heterocycles. The molecule has 0 spiro atoms. The molecule has 2 N–H and O–H groups in total. The van der Waals surface area contributed by atoms with Crippen molar-refractivity contribution in [2.45, 2.75) is 6.42 Å². The van der Waals surface area contributed by atoms with E-state index in [0.717, 1.165) is 31.5 Å². The number of urea groups is 1. The molecular formula is C16H16BrIN2O2. The molecule has 4 nitrogen and oxygen atoms in total. The van der Waals surface area contributed by atoms with Crippen LogP contribution in [0.15, 0.2) is 46.9 Å². The average molecular weight is 475 g/mol. The molecule has 0 fully saturated rings. The lowest BCUT2D eigenvalue weighted by atomic mass is 10.1. The minimum atomic E-state index is -0.199. The minimum absolute atomic E-state index is 0.199. The number of halogens is 2. The van der Waals surface area contributed by atoms with Crippen LogP contribution in [-0.4, -0.2) is 19.7 Å². The second-order valence-corrected chi connectivity index (χ2v) is 6.71. The molecule has 0 radical (unpaired) electrons. The van der Waals surface area contributed by atoms with Crippen LogP contribution in [0.25, 0.3) is 0 Å². The van der Waals surface area contributed by atoms with Gasteiger partial charge in [-0.25, -0.2) is 4.79 Å². The number of hydrogen-bond donors (Lipinski definition) is 2. The van der Waals surface area contributed by atoms with E-state index in [2.05, 4.69) is 49.2 Å². The van der Waals surface area contributed by atoms with Crippen molar-refractivity contribution in [1.82, 2.24) is 5.32 Å². The molecule has 2 rings (SSSR count). The molecule has 2 aromatic rings. The first kappa shape index (κ1) is 17.1. The molecule has 0 atom stereocenters. The number of ether oxygens (including phenoxy) is 1. The summed E-state index contributed by atoms with van der Waals surface area (Å²) in [5, 5.41) is 5.66. The van der Waals surface area contributed by atoms with E-state index in [1.807, 2.05) is 42.5 Å². The van der Waals surface area contributed by atoms with Crippen LogP contribution in [0.3, 0.4) is 0 Å². The Hall–Kier alpha value is -1.28. The topological polar surface area (TPSA) is 50.4 Å². The number of anilines is 1. The van der Waals surface area contributed by atoms with Crippen molar-refractivity contribution in [3.05, 3.63) is 56.1 Å². The molecule has 0 saturated heterocycles. The van der Waals surface area contributed by atoms with E-state index in [9.17, 15) is 4.79 Å². The fraction of sp³-hybridized carbons (Fsp3) is 0.188. The molecular weight excluding hydrogens is 459 g/mol. The van der Waals surface area contributed by atoms with Crippen molar-refractivity contribution >= 4 is 50.2 Å². The first-order valence-corrected chi connectivity index (χ1v) is 8.58. The standard InChI is InChI=1S/C16H16BrIN2O2/c1-22-15-6-5-11(9-14(15)17)7-8-19-16(21)20-13-4-2-3-12(18)10-13/h2-6,9-10H,7-8H2,1H3,(H2,19,20,21). The van der Waals surface area contributed by atoms with Crippen molar-refractivity contribution in [1.29, 1.82) is 0 Å². The fourth-order valence-corrected chi connectivity index (χ4v) is 3.06. The third-order valence-electron chi connectivity index (χ3n) is 3.00. The zero-order chi connectivity index (χ0) is 15.9. The third-order valence-corrected chi connectivity index (χ3v) is 4.29. The Kier molecular flexibility index (Phi) is 6.50. The largest absolute Gasteiger partial charge is 0.496 e. The Morgan fingerprint density at radius 2 is 2.09 bits per heavy atom. The maximum Gasteiger partial charge on any atom is 0.319 e. The van der Waals surface area contributed by atoms with Gasteiger partial charge < -0.3 is 15.4 Å². The molecule has 0 aliphatic heterocycles. The highest BCUT2D eigenvalue weighted by Gasteiger charge is 2.04. The maximum atomic E-state index is 11.8. The van der Waals surface area contributed by atoms with Gasteiger partial charge in [0.25, 0.3) is 0 Å². The van der Waals surface area contributed by atoms with Crippen LogP contribution < -0.4 is 15.4 Å². The average Bonchev–Trinajstić information content (AvgIpc) is 2.47. The Morgan fingerprint density at radius 1 is 1.27 bits per heavy atom. The van der Waals surface area contributed by atoms with Gasteiger partial charge in [0.05, 0.1) is 11.6 Å². The molecule has 0 aliphatic rings. The summed E-state index contributed by atoms with van der Waals surface area (Å²) in [6, 6.07) is 13.4. The lowest BCUT2D eigenvalue weighted by Crippen LogP contribution is -2.30. The zero-order valence-corrected chi connectivity index (χ0v) is 15.8. The Balaban J connectivity index is 1.81. The smallest absolute Gasteiger partial charge is 0.319 e. The second-order valence-electron chi connectivity index (χ2n) is 4.61. The highest BCUT2D eigenvalue weighted by Crippen LogP contribution is 2.25. The SMILES string of the molecule is COc1ccc(CCNC(=O)Nc2cccc(I)c2)cc1Br. The third kappa shape index (κ3) is 5.17. The summed E-state index contributed by atoms with van der Waals surface area (Å²) in [5.74, 6) is 0.799.